The molecule has 1 aromatic heterocycles. The third kappa shape index (κ3) is 4.70. The Kier molecular flexibility index (Phi) is 6.44. The van der Waals surface area contributed by atoms with Crippen molar-refractivity contribution in [2.45, 2.75) is 51.6 Å². The van der Waals surface area contributed by atoms with Crippen molar-refractivity contribution in [1.29, 1.82) is 0 Å². The predicted octanol–water partition coefficient (Wildman–Crippen LogP) is 6.92. The number of furan rings is 1. The van der Waals surface area contributed by atoms with Crippen molar-refractivity contribution in [2.75, 3.05) is 0 Å². The first-order valence-corrected chi connectivity index (χ1v) is 11.5. The number of hydrogen-bond donors (Lipinski definition) is 0. The molecule has 156 valence electrons. The van der Waals surface area contributed by atoms with Crippen LogP contribution in [-0.4, -0.2) is 10.7 Å². The Bertz CT molecular complexity index is 1030. The molecule has 0 spiro atoms. The minimum atomic E-state index is 0.0276. The summed E-state index contributed by atoms with van der Waals surface area (Å²) in [6, 6.07) is 19.4. The van der Waals surface area contributed by atoms with Crippen molar-refractivity contribution in [3.8, 4) is 0 Å². The summed E-state index contributed by atoms with van der Waals surface area (Å²) < 4.78 is 12.7. The monoisotopic (exact) mass is 438 g/mol. The molecule has 1 heterocycles. The summed E-state index contributed by atoms with van der Waals surface area (Å²) in [4.78, 5) is 0. The second-order valence-electron chi connectivity index (χ2n) is 9.13. The number of benzene rings is 2. The van der Waals surface area contributed by atoms with Gasteiger partial charge < -0.3 is 0 Å². The van der Waals surface area contributed by atoms with E-state index in [9.17, 15) is 0 Å². The van der Waals surface area contributed by atoms with Gasteiger partial charge in [-0.05, 0) is 0 Å². The van der Waals surface area contributed by atoms with Gasteiger partial charge in [-0.15, -0.1) is 0 Å². The van der Waals surface area contributed by atoms with E-state index < -0.39 is 0 Å². The quantitative estimate of drug-likeness (QED) is 0.417. The molecular formula is C27H30CrO2. The zero-order valence-corrected chi connectivity index (χ0v) is 19.3. The Morgan fingerprint density at radius 1 is 1.07 bits per heavy atom. The van der Waals surface area contributed by atoms with Crippen molar-refractivity contribution in [3.63, 3.8) is 0 Å². The van der Waals surface area contributed by atoms with E-state index >= 15 is 0 Å². The van der Waals surface area contributed by atoms with Crippen LogP contribution >= 0.6 is 0 Å². The van der Waals surface area contributed by atoms with Gasteiger partial charge in [0.25, 0.3) is 0 Å². The van der Waals surface area contributed by atoms with Gasteiger partial charge in [0.15, 0.2) is 0 Å². The fourth-order valence-electron chi connectivity index (χ4n) is 4.81. The van der Waals surface area contributed by atoms with Crippen LogP contribution in [0.1, 0.15) is 51.4 Å². The molecule has 0 radical (unpaired) electrons. The van der Waals surface area contributed by atoms with Gasteiger partial charge in [0.05, 0.1) is 0 Å². The van der Waals surface area contributed by atoms with Gasteiger partial charge in [-0.25, -0.2) is 0 Å². The van der Waals surface area contributed by atoms with E-state index in [0.717, 1.165) is 16.7 Å². The summed E-state index contributed by atoms with van der Waals surface area (Å²) in [5.41, 5.74) is 1.42. The maximum absolute atomic E-state index is 6.50. The molecule has 0 bridgehead atoms. The fraction of sp³-hybridized carbons (Fsp3) is 0.370. The van der Waals surface area contributed by atoms with Gasteiger partial charge in [0.1, 0.15) is 0 Å². The molecule has 0 saturated heterocycles. The summed E-state index contributed by atoms with van der Waals surface area (Å²) in [5.74, 6) is 1.96. The van der Waals surface area contributed by atoms with Crippen molar-refractivity contribution in [2.24, 2.45) is 11.8 Å². The minimum absolute atomic E-state index is 0.0276. The van der Waals surface area contributed by atoms with Crippen LogP contribution in [0.4, 0.5) is 0 Å². The molecule has 1 aliphatic carbocycles. The van der Waals surface area contributed by atoms with Crippen LogP contribution < -0.4 is 0 Å². The molecule has 1 aliphatic rings. The topological polar surface area (TPSA) is 22.4 Å². The molecule has 4 rings (SSSR count). The summed E-state index contributed by atoms with van der Waals surface area (Å²) in [7, 11) is 0. The number of hydrogen-bond acceptors (Lipinski definition) is 2. The molecule has 0 unspecified atom stereocenters. The zero-order valence-electron chi connectivity index (χ0n) is 18.0. The SMILES string of the molecule is C[C@@H]1CC[C@@H](C(C)(C)c2ccc3ccccc3c2)[C@H](O[C](=[Cr])/C=C/c2ccco2)C1. The van der Waals surface area contributed by atoms with Crippen LogP contribution in [-0.2, 0) is 26.0 Å². The molecule has 3 heteroatoms. The molecular weight excluding hydrogens is 408 g/mol. The average molecular weight is 439 g/mol. The third-order valence-electron chi connectivity index (χ3n) is 6.67. The zero-order chi connectivity index (χ0) is 21.1. The molecule has 30 heavy (non-hydrogen) atoms. The predicted molar refractivity (Wildman–Crippen MR) is 121 cm³/mol. The number of rotatable bonds is 6. The van der Waals surface area contributed by atoms with E-state index in [1.165, 1.54) is 29.2 Å². The summed E-state index contributed by atoms with van der Waals surface area (Å²) >= 11 is 3.10. The van der Waals surface area contributed by atoms with E-state index in [1.807, 2.05) is 24.3 Å². The first-order chi connectivity index (χ1) is 14.4. The van der Waals surface area contributed by atoms with E-state index in [4.69, 9.17) is 9.15 Å². The molecule has 3 atom stereocenters. The number of ether oxygens (including phenoxy) is 1. The Labute approximate surface area is 187 Å². The first kappa shape index (κ1) is 21.3. The second-order valence-corrected chi connectivity index (χ2v) is 9.76. The maximum atomic E-state index is 6.50. The Hall–Kier alpha value is -1.92. The fourth-order valence-corrected chi connectivity index (χ4v) is 5.11. The van der Waals surface area contributed by atoms with E-state index in [1.54, 1.807) is 6.26 Å². The van der Waals surface area contributed by atoms with Crippen LogP contribution in [0, 0.1) is 11.8 Å². The van der Waals surface area contributed by atoms with Gasteiger partial charge >= 0.3 is 188 Å². The van der Waals surface area contributed by atoms with Gasteiger partial charge in [-0.3, -0.25) is 0 Å². The van der Waals surface area contributed by atoms with Crippen molar-refractivity contribution < 1.29 is 25.0 Å². The van der Waals surface area contributed by atoms with Crippen LogP contribution in [0.25, 0.3) is 16.8 Å². The van der Waals surface area contributed by atoms with Gasteiger partial charge in [0.2, 0.25) is 0 Å². The Morgan fingerprint density at radius 2 is 1.87 bits per heavy atom. The molecule has 3 aromatic rings. The second kappa shape index (κ2) is 9.07. The van der Waals surface area contributed by atoms with Crippen molar-refractivity contribution >= 4 is 21.4 Å². The Balaban J connectivity index is 1.56. The van der Waals surface area contributed by atoms with Crippen LogP contribution in [0.3, 0.4) is 0 Å². The molecule has 2 nitrogen and oxygen atoms in total. The third-order valence-corrected chi connectivity index (χ3v) is 7.03. The van der Waals surface area contributed by atoms with E-state index in [-0.39, 0.29) is 11.5 Å². The van der Waals surface area contributed by atoms with E-state index in [2.05, 4.69) is 79.1 Å². The van der Waals surface area contributed by atoms with Crippen LogP contribution in [0.2, 0.25) is 0 Å². The Morgan fingerprint density at radius 3 is 2.63 bits per heavy atom. The number of fused-ring (bicyclic) bond motifs is 1. The molecule has 0 N–H and O–H groups in total. The van der Waals surface area contributed by atoms with Crippen LogP contribution in [0.15, 0.2) is 71.4 Å². The average Bonchev–Trinajstić information content (AvgIpc) is 3.25. The molecule has 1 saturated carbocycles. The standard InChI is InChI=1S/C27H30O2.Cr/c1-20-12-15-25(26(18-20)29-17-7-11-24-10-6-16-28-24)27(2,3)23-14-13-21-8-4-5-9-22(21)19-23;/h4-11,13-14,16,19-20,25-26H,12,15,18H2,1-3H3;/b11-7+;/t20-,25-,26-;/m1./s1. The first-order valence-electron chi connectivity index (χ1n) is 10.8. The van der Waals surface area contributed by atoms with Crippen LogP contribution in [0.5, 0.6) is 0 Å². The van der Waals surface area contributed by atoms with E-state index in [0.29, 0.717) is 11.8 Å². The molecule has 1 fully saturated rings. The van der Waals surface area contributed by atoms with Gasteiger partial charge in [0, 0.05) is 0 Å². The van der Waals surface area contributed by atoms with Crippen molar-refractivity contribution in [3.05, 3.63) is 78.3 Å². The normalized spacial score (nSPS) is 22.6. The summed E-state index contributed by atoms with van der Waals surface area (Å²) in [6.07, 6.45) is 9.31. The molecule has 0 amide bonds. The molecule has 2 aromatic carbocycles. The van der Waals surface area contributed by atoms with Crippen molar-refractivity contribution in [1.82, 2.24) is 0 Å². The summed E-state index contributed by atoms with van der Waals surface area (Å²) in [5, 5.41) is 2.60. The van der Waals surface area contributed by atoms with Gasteiger partial charge in [-0.2, -0.15) is 0 Å². The summed E-state index contributed by atoms with van der Waals surface area (Å²) in [6.45, 7) is 7.10. The van der Waals surface area contributed by atoms with Gasteiger partial charge in [-0.1, -0.05) is 0 Å². The molecule has 0 aliphatic heterocycles.